The van der Waals surface area contributed by atoms with Gasteiger partial charge in [0.05, 0.1) is 35.3 Å². The summed E-state index contributed by atoms with van der Waals surface area (Å²) in [6.45, 7) is 1.65. The van der Waals surface area contributed by atoms with Crippen LogP contribution in [0.3, 0.4) is 0 Å². The third-order valence-corrected chi connectivity index (χ3v) is 6.03. The van der Waals surface area contributed by atoms with Crippen LogP contribution >= 0.6 is 0 Å². The highest BCUT2D eigenvalue weighted by atomic mass is 19.1. The number of benzene rings is 2. The average Bonchev–Trinajstić information content (AvgIpc) is 3.25. The van der Waals surface area contributed by atoms with Gasteiger partial charge in [-0.1, -0.05) is 18.2 Å². The molecule has 4 heterocycles. The lowest BCUT2D eigenvalue weighted by Gasteiger charge is -2.19. The lowest BCUT2D eigenvalue weighted by molar-refractivity contribution is 0.171. The molecule has 0 N–H and O–H groups in total. The van der Waals surface area contributed by atoms with E-state index in [1.165, 1.54) is 12.1 Å². The van der Waals surface area contributed by atoms with Gasteiger partial charge in [-0.25, -0.2) is 13.9 Å². The number of hydrogen-bond acceptors (Lipinski definition) is 6. The molecule has 9 heteroatoms. The Labute approximate surface area is 199 Å². The summed E-state index contributed by atoms with van der Waals surface area (Å²) < 4.78 is 33.4. The molecule has 0 saturated heterocycles. The molecule has 1 aliphatic rings. The lowest BCUT2D eigenvalue weighted by Crippen LogP contribution is -2.21. The Morgan fingerprint density at radius 2 is 1.86 bits per heavy atom. The second-order valence-corrected chi connectivity index (χ2v) is 8.28. The third-order valence-electron chi connectivity index (χ3n) is 6.03. The molecule has 6 rings (SSSR count). The molecular formula is C26H21FN4O4. The molecule has 176 valence electrons. The maximum Gasteiger partial charge on any atom is 0.261 e. The summed E-state index contributed by atoms with van der Waals surface area (Å²) in [5.74, 6) is 1.07. The Kier molecular flexibility index (Phi) is 5.18. The molecule has 0 fully saturated rings. The molecule has 3 aromatic heterocycles. The normalized spacial score (nSPS) is 13.0. The van der Waals surface area contributed by atoms with Crippen molar-refractivity contribution in [3.8, 4) is 22.6 Å². The van der Waals surface area contributed by atoms with Gasteiger partial charge >= 0.3 is 0 Å². The molecule has 0 unspecified atom stereocenters. The van der Waals surface area contributed by atoms with Gasteiger partial charge in [-0.05, 0) is 41.5 Å². The second kappa shape index (κ2) is 8.52. The maximum atomic E-state index is 13.5. The molecule has 35 heavy (non-hydrogen) atoms. The van der Waals surface area contributed by atoms with Crippen molar-refractivity contribution in [1.82, 2.24) is 19.2 Å². The van der Waals surface area contributed by atoms with Crippen LogP contribution in [0.1, 0.15) is 11.3 Å². The second-order valence-electron chi connectivity index (χ2n) is 8.28. The van der Waals surface area contributed by atoms with Crippen molar-refractivity contribution in [2.75, 3.05) is 20.3 Å². The van der Waals surface area contributed by atoms with Crippen molar-refractivity contribution in [3.63, 3.8) is 0 Å². The predicted molar refractivity (Wildman–Crippen MR) is 127 cm³/mol. The molecule has 0 radical (unpaired) electrons. The van der Waals surface area contributed by atoms with E-state index in [4.69, 9.17) is 14.2 Å². The minimum Gasteiger partial charge on any atom is -0.486 e. The highest BCUT2D eigenvalue weighted by molar-refractivity contribution is 5.86. The quantitative estimate of drug-likeness (QED) is 0.387. The molecule has 5 aromatic rings. The van der Waals surface area contributed by atoms with Crippen LogP contribution in [0, 0.1) is 5.82 Å². The van der Waals surface area contributed by atoms with Crippen molar-refractivity contribution in [3.05, 3.63) is 88.4 Å². The zero-order valence-electron chi connectivity index (χ0n) is 18.9. The average molecular weight is 472 g/mol. The Hall–Kier alpha value is -4.24. The van der Waals surface area contributed by atoms with E-state index in [0.717, 1.165) is 16.7 Å². The maximum absolute atomic E-state index is 13.5. The van der Waals surface area contributed by atoms with Crippen LogP contribution in [0.2, 0.25) is 0 Å². The number of methoxy groups -OCH3 is 1. The van der Waals surface area contributed by atoms with E-state index in [1.54, 1.807) is 40.7 Å². The number of aromatic nitrogens is 4. The highest BCUT2D eigenvalue weighted by Gasteiger charge is 2.19. The van der Waals surface area contributed by atoms with Gasteiger partial charge in [-0.15, -0.1) is 0 Å². The minimum absolute atomic E-state index is 0.182. The standard InChI is InChI=1S/C26H21FN4O4/c1-33-15-20-24(17-3-5-18(27)6-4-17)25-28-13-19-21(31(25)29-20)8-9-30(26(19)32)14-16-2-7-22-23(12-16)35-11-10-34-22/h2-9,12-13H,10-11,14-15H2,1H3. The summed E-state index contributed by atoms with van der Waals surface area (Å²) in [5.41, 5.74) is 4.11. The SMILES string of the molecule is COCc1nn2c(ncc3c(=O)n(Cc4ccc5c(c4)OCCO5)ccc32)c1-c1ccc(F)cc1. The van der Waals surface area contributed by atoms with Crippen molar-refractivity contribution < 1.29 is 18.6 Å². The molecule has 0 amide bonds. The van der Waals surface area contributed by atoms with Gasteiger partial charge in [0.15, 0.2) is 17.1 Å². The topological polar surface area (TPSA) is 79.9 Å². The van der Waals surface area contributed by atoms with Gasteiger partial charge in [-0.2, -0.15) is 5.10 Å². The van der Waals surface area contributed by atoms with Gasteiger partial charge in [0.1, 0.15) is 19.0 Å². The van der Waals surface area contributed by atoms with Gasteiger partial charge in [0.25, 0.3) is 5.56 Å². The van der Waals surface area contributed by atoms with Crippen LogP contribution in [-0.2, 0) is 17.9 Å². The third kappa shape index (κ3) is 3.70. The smallest absolute Gasteiger partial charge is 0.261 e. The number of hydrogen-bond donors (Lipinski definition) is 0. The van der Waals surface area contributed by atoms with Crippen LogP contribution in [0.4, 0.5) is 4.39 Å². The molecule has 0 aliphatic carbocycles. The van der Waals surface area contributed by atoms with E-state index in [2.05, 4.69) is 10.1 Å². The Bertz CT molecular complexity index is 1630. The first kappa shape index (κ1) is 21.3. The number of ether oxygens (including phenoxy) is 3. The van der Waals surface area contributed by atoms with Crippen LogP contribution in [0.5, 0.6) is 11.5 Å². The number of nitrogens with zero attached hydrogens (tertiary/aromatic N) is 4. The van der Waals surface area contributed by atoms with Crippen molar-refractivity contribution in [2.24, 2.45) is 0 Å². The fourth-order valence-electron chi connectivity index (χ4n) is 4.41. The van der Waals surface area contributed by atoms with Crippen molar-refractivity contribution in [2.45, 2.75) is 13.2 Å². The summed E-state index contributed by atoms with van der Waals surface area (Å²) in [7, 11) is 1.58. The van der Waals surface area contributed by atoms with Gasteiger partial charge in [0.2, 0.25) is 0 Å². The lowest BCUT2D eigenvalue weighted by atomic mass is 10.1. The summed E-state index contributed by atoms with van der Waals surface area (Å²) in [4.78, 5) is 17.9. The van der Waals surface area contributed by atoms with Crippen molar-refractivity contribution in [1.29, 1.82) is 0 Å². The monoisotopic (exact) mass is 472 g/mol. The molecule has 8 nitrogen and oxygen atoms in total. The summed E-state index contributed by atoms with van der Waals surface area (Å²) >= 11 is 0. The first-order chi connectivity index (χ1) is 17.1. The molecule has 0 saturated carbocycles. The molecule has 2 aromatic carbocycles. The van der Waals surface area contributed by atoms with E-state index in [0.29, 0.717) is 53.5 Å². The largest absolute Gasteiger partial charge is 0.486 e. The summed E-state index contributed by atoms with van der Waals surface area (Å²) in [6, 6.07) is 13.7. The van der Waals surface area contributed by atoms with Crippen LogP contribution in [-0.4, -0.2) is 39.5 Å². The predicted octanol–water partition coefficient (Wildman–Crippen LogP) is 3.82. The molecule has 0 spiro atoms. The Morgan fingerprint density at radius 1 is 1.06 bits per heavy atom. The van der Waals surface area contributed by atoms with Gasteiger partial charge in [-0.3, -0.25) is 4.79 Å². The van der Waals surface area contributed by atoms with Crippen molar-refractivity contribution >= 4 is 16.6 Å². The number of halogens is 1. The number of rotatable bonds is 5. The Balaban J connectivity index is 1.45. The van der Waals surface area contributed by atoms with Gasteiger partial charge in [0, 0.05) is 19.5 Å². The Morgan fingerprint density at radius 3 is 2.66 bits per heavy atom. The van der Waals surface area contributed by atoms with E-state index in [9.17, 15) is 9.18 Å². The number of fused-ring (bicyclic) bond motifs is 4. The first-order valence-corrected chi connectivity index (χ1v) is 11.2. The zero-order chi connectivity index (χ0) is 23.9. The molecule has 0 atom stereocenters. The van der Waals surface area contributed by atoms with Crippen LogP contribution < -0.4 is 15.0 Å². The molecular weight excluding hydrogens is 451 g/mol. The molecule has 1 aliphatic heterocycles. The zero-order valence-corrected chi connectivity index (χ0v) is 18.9. The van der Waals surface area contributed by atoms with E-state index < -0.39 is 0 Å². The number of pyridine rings is 1. The summed E-state index contributed by atoms with van der Waals surface area (Å²) in [5, 5.41) is 5.13. The highest BCUT2D eigenvalue weighted by Crippen LogP contribution is 2.32. The van der Waals surface area contributed by atoms with Crippen LogP contribution in [0.25, 0.3) is 27.7 Å². The fourth-order valence-corrected chi connectivity index (χ4v) is 4.41. The summed E-state index contributed by atoms with van der Waals surface area (Å²) in [6.07, 6.45) is 3.31. The first-order valence-electron chi connectivity index (χ1n) is 11.2. The molecule has 0 bridgehead atoms. The minimum atomic E-state index is -0.324. The van der Waals surface area contributed by atoms with E-state index in [1.807, 2.05) is 24.3 Å². The fraction of sp³-hybridized carbons (Fsp3) is 0.192. The van der Waals surface area contributed by atoms with Crippen LogP contribution in [0.15, 0.2) is 65.7 Å². The van der Waals surface area contributed by atoms with E-state index in [-0.39, 0.29) is 18.0 Å². The van der Waals surface area contributed by atoms with Gasteiger partial charge < -0.3 is 18.8 Å². The van der Waals surface area contributed by atoms with E-state index >= 15 is 0 Å².